The van der Waals surface area contributed by atoms with E-state index >= 15 is 0 Å². The second-order valence-electron chi connectivity index (χ2n) is 6.15. The summed E-state index contributed by atoms with van der Waals surface area (Å²) < 4.78 is 5.46. The van der Waals surface area contributed by atoms with E-state index in [1.807, 2.05) is 6.92 Å². The maximum Gasteiger partial charge on any atom is 0.317 e. The fourth-order valence-electron chi connectivity index (χ4n) is 3.35. The van der Waals surface area contributed by atoms with E-state index in [1.165, 1.54) is 5.56 Å². The number of rotatable bonds is 8. The number of thioether (sulfide) groups is 1. The Morgan fingerprint density at radius 2 is 2.08 bits per heavy atom. The Bertz CT molecular complexity index is 551. The molecular formula is C18H29ClN2O3S. The molecule has 142 valence electrons. The van der Waals surface area contributed by atoms with Gasteiger partial charge in [0.05, 0.1) is 13.7 Å². The molecule has 25 heavy (non-hydrogen) atoms. The number of aliphatic carboxylic acids is 1. The van der Waals surface area contributed by atoms with Gasteiger partial charge in [0.25, 0.3) is 0 Å². The number of nitrogens with zero attached hydrogens (tertiary/aromatic N) is 2. The summed E-state index contributed by atoms with van der Waals surface area (Å²) in [4.78, 5) is 16.6. The van der Waals surface area contributed by atoms with E-state index in [0.717, 1.165) is 49.7 Å². The molecule has 0 saturated carbocycles. The van der Waals surface area contributed by atoms with Gasteiger partial charge >= 0.3 is 5.97 Å². The minimum Gasteiger partial charge on any atom is -0.496 e. The zero-order valence-electron chi connectivity index (χ0n) is 15.2. The minimum absolute atomic E-state index is 0. The average Bonchev–Trinajstić information content (AvgIpc) is 2.60. The van der Waals surface area contributed by atoms with E-state index in [2.05, 4.69) is 34.3 Å². The van der Waals surface area contributed by atoms with Crippen LogP contribution in [0.5, 0.6) is 5.75 Å². The van der Waals surface area contributed by atoms with E-state index < -0.39 is 5.97 Å². The van der Waals surface area contributed by atoms with Crippen LogP contribution in [-0.4, -0.2) is 66.5 Å². The smallest absolute Gasteiger partial charge is 0.317 e. The Hall–Kier alpha value is -0.950. The molecular weight excluding hydrogens is 360 g/mol. The standard InChI is InChI=1S/C18H28N2O3S.ClH/c1-4-20(13-18(21)22)15-7-9-19(10-8-15)12-14-5-6-17(24-3)16(11-14)23-2;/h5-6,11,15H,4,7-10,12-13H2,1-3H3,(H,21,22);1H. The summed E-state index contributed by atoms with van der Waals surface area (Å²) in [7, 11) is 1.71. The Morgan fingerprint density at radius 3 is 2.60 bits per heavy atom. The normalized spacial score (nSPS) is 15.8. The first kappa shape index (κ1) is 22.1. The van der Waals surface area contributed by atoms with Crippen LogP contribution in [0.3, 0.4) is 0 Å². The molecule has 0 aliphatic carbocycles. The van der Waals surface area contributed by atoms with Crippen LogP contribution in [0, 0.1) is 0 Å². The van der Waals surface area contributed by atoms with Crippen molar-refractivity contribution in [2.24, 2.45) is 0 Å². The van der Waals surface area contributed by atoms with Gasteiger partial charge in [0.15, 0.2) is 0 Å². The minimum atomic E-state index is -0.736. The third-order valence-corrected chi connectivity index (χ3v) is 5.45. The Kier molecular flexibility index (Phi) is 9.64. The van der Waals surface area contributed by atoms with Crippen LogP contribution in [0.15, 0.2) is 23.1 Å². The summed E-state index contributed by atoms with van der Waals surface area (Å²) in [5, 5.41) is 9.02. The fraction of sp³-hybridized carbons (Fsp3) is 0.611. The molecule has 7 heteroatoms. The van der Waals surface area contributed by atoms with Gasteiger partial charge in [-0.2, -0.15) is 0 Å². The summed E-state index contributed by atoms with van der Waals surface area (Å²) in [6, 6.07) is 6.80. The van der Waals surface area contributed by atoms with Crippen LogP contribution in [0.4, 0.5) is 0 Å². The van der Waals surface area contributed by atoms with Crippen molar-refractivity contribution < 1.29 is 14.6 Å². The maximum atomic E-state index is 11.0. The number of halogens is 1. The Morgan fingerprint density at radius 1 is 1.40 bits per heavy atom. The molecule has 0 unspecified atom stereocenters. The van der Waals surface area contributed by atoms with Crippen LogP contribution < -0.4 is 4.74 Å². The molecule has 1 N–H and O–H groups in total. The number of carbonyl (C=O) groups is 1. The molecule has 1 aromatic carbocycles. The van der Waals surface area contributed by atoms with Gasteiger partial charge in [-0.05, 0) is 56.4 Å². The van der Waals surface area contributed by atoms with Gasteiger partial charge < -0.3 is 9.84 Å². The lowest BCUT2D eigenvalue weighted by molar-refractivity contribution is -0.139. The highest BCUT2D eigenvalue weighted by molar-refractivity contribution is 7.98. The molecule has 1 aliphatic rings. The summed E-state index contributed by atoms with van der Waals surface area (Å²) >= 11 is 1.69. The number of ether oxygens (including phenoxy) is 1. The fourth-order valence-corrected chi connectivity index (χ4v) is 3.90. The number of benzene rings is 1. The summed E-state index contributed by atoms with van der Waals surface area (Å²) in [6.07, 6.45) is 4.11. The molecule has 5 nitrogen and oxygen atoms in total. The quantitative estimate of drug-likeness (QED) is 0.690. The predicted octanol–water partition coefficient (Wildman–Crippen LogP) is 3.21. The highest BCUT2D eigenvalue weighted by atomic mass is 35.5. The molecule has 0 radical (unpaired) electrons. The average molecular weight is 389 g/mol. The summed E-state index contributed by atoms with van der Waals surface area (Å²) in [5.74, 6) is 0.203. The molecule has 0 aromatic heterocycles. The molecule has 0 atom stereocenters. The molecule has 2 rings (SSSR count). The zero-order valence-corrected chi connectivity index (χ0v) is 16.9. The van der Waals surface area contributed by atoms with Crippen molar-refractivity contribution in [1.29, 1.82) is 0 Å². The summed E-state index contributed by atoms with van der Waals surface area (Å²) in [5.41, 5.74) is 1.26. The lowest BCUT2D eigenvalue weighted by Crippen LogP contribution is -2.46. The van der Waals surface area contributed by atoms with Gasteiger partial charge in [-0.3, -0.25) is 14.6 Å². The van der Waals surface area contributed by atoms with Gasteiger partial charge in [0.2, 0.25) is 0 Å². The number of hydrogen-bond donors (Lipinski definition) is 1. The molecule has 0 spiro atoms. The van der Waals surface area contributed by atoms with Crippen molar-refractivity contribution in [2.75, 3.05) is 39.5 Å². The van der Waals surface area contributed by atoms with Crippen molar-refractivity contribution >= 4 is 30.1 Å². The zero-order chi connectivity index (χ0) is 17.5. The van der Waals surface area contributed by atoms with Crippen LogP contribution >= 0.6 is 24.2 Å². The number of piperidine rings is 1. The van der Waals surface area contributed by atoms with Crippen LogP contribution in [-0.2, 0) is 11.3 Å². The molecule has 1 aliphatic heterocycles. The van der Waals surface area contributed by atoms with Crippen molar-refractivity contribution in [2.45, 2.75) is 37.2 Å². The van der Waals surface area contributed by atoms with Crippen molar-refractivity contribution in [3.8, 4) is 5.75 Å². The van der Waals surface area contributed by atoms with Crippen LogP contribution in [0.2, 0.25) is 0 Å². The van der Waals surface area contributed by atoms with Gasteiger partial charge in [-0.15, -0.1) is 24.2 Å². The Balaban J connectivity index is 0.00000312. The number of hydrogen-bond acceptors (Lipinski definition) is 5. The first-order valence-corrected chi connectivity index (χ1v) is 9.69. The van der Waals surface area contributed by atoms with Gasteiger partial charge in [-0.25, -0.2) is 0 Å². The maximum absolute atomic E-state index is 11.0. The third-order valence-electron chi connectivity index (χ3n) is 4.67. The monoisotopic (exact) mass is 388 g/mol. The molecule has 0 amide bonds. The van der Waals surface area contributed by atoms with E-state index in [1.54, 1.807) is 18.9 Å². The number of carboxylic acids is 1. The van der Waals surface area contributed by atoms with Gasteiger partial charge in [0, 0.05) is 17.5 Å². The SMILES string of the molecule is CCN(CC(=O)O)C1CCN(Cc2ccc(SC)c(OC)c2)CC1.Cl. The van der Waals surface area contributed by atoms with Crippen molar-refractivity contribution in [3.63, 3.8) is 0 Å². The van der Waals surface area contributed by atoms with Gasteiger partial charge in [-0.1, -0.05) is 13.0 Å². The lowest BCUT2D eigenvalue weighted by Gasteiger charge is -2.37. The van der Waals surface area contributed by atoms with Gasteiger partial charge in [0.1, 0.15) is 5.75 Å². The van der Waals surface area contributed by atoms with Crippen molar-refractivity contribution in [3.05, 3.63) is 23.8 Å². The molecule has 1 fully saturated rings. The number of methoxy groups -OCH3 is 1. The first-order valence-electron chi connectivity index (χ1n) is 8.46. The number of likely N-dealkylation sites (tertiary alicyclic amines) is 1. The van der Waals surface area contributed by atoms with E-state index in [9.17, 15) is 4.79 Å². The second-order valence-corrected chi connectivity index (χ2v) is 7.00. The van der Waals surface area contributed by atoms with E-state index in [-0.39, 0.29) is 19.0 Å². The highest BCUT2D eigenvalue weighted by Gasteiger charge is 2.25. The molecule has 1 heterocycles. The third kappa shape index (κ3) is 6.37. The highest BCUT2D eigenvalue weighted by Crippen LogP contribution is 2.29. The van der Waals surface area contributed by atoms with Crippen LogP contribution in [0.1, 0.15) is 25.3 Å². The molecule has 0 bridgehead atoms. The predicted molar refractivity (Wildman–Crippen MR) is 105 cm³/mol. The molecule has 1 aromatic rings. The lowest BCUT2D eigenvalue weighted by atomic mass is 10.0. The summed E-state index contributed by atoms with van der Waals surface area (Å²) in [6.45, 7) is 5.91. The van der Waals surface area contributed by atoms with E-state index in [0.29, 0.717) is 6.04 Å². The number of likely N-dealkylation sites (N-methyl/N-ethyl adjacent to an activating group) is 1. The van der Waals surface area contributed by atoms with Crippen LogP contribution in [0.25, 0.3) is 0 Å². The first-order chi connectivity index (χ1) is 11.6. The largest absolute Gasteiger partial charge is 0.496 e. The second kappa shape index (κ2) is 10.9. The Labute approximate surface area is 161 Å². The molecule has 1 saturated heterocycles. The topological polar surface area (TPSA) is 53.0 Å². The van der Waals surface area contributed by atoms with Crippen molar-refractivity contribution in [1.82, 2.24) is 9.80 Å². The van der Waals surface area contributed by atoms with E-state index in [4.69, 9.17) is 9.84 Å². The number of carboxylic acid groups (broad SMARTS) is 1.